The monoisotopic (exact) mass is 533 g/mol. The summed E-state index contributed by atoms with van der Waals surface area (Å²) in [5, 5.41) is 15.3. The molecule has 204 valence electrons. The Morgan fingerprint density at radius 2 is 2.15 bits per heavy atom. The maximum absolute atomic E-state index is 13.5. The Hall–Kier alpha value is -4.24. The number of aldehydes is 1. The summed E-state index contributed by atoms with van der Waals surface area (Å²) in [4.78, 5) is 50.1. The van der Waals surface area contributed by atoms with Crippen LogP contribution in [0.1, 0.15) is 65.2 Å². The second-order valence-electron chi connectivity index (χ2n) is 9.93. The van der Waals surface area contributed by atoms with E-state index in [1.54, 1.807) is 23.0 Å². The highest BCUT2D eigenvalue weighted by atomic mass is 16.6. The van der Waals surface area contributed by atoms with Crippen molar-refractivity contribution in [1.82, 2.24) is 14.9 Å². The highest BCUT2D eigenvalue weighted by Crippen LogP contribution is 2.50. The molecule has 39 heavy (non-hydrogen) atoms. The van der Waals surface area contributed by atoms with Crippen LogP contribution >= 0.6 is 0 Å². The molecule has 5 heterocycles. The fourth-order valence-electron chi connectivity index (χ4n) is 5.28. The molecule has 2 aromatic heterocycles. The smallest absolute Gasteiger partial charge is 0.410 e. The van der Waals surface area contributed by atoms with Crippen molar-refractivity contribution in [3.05, 3.63) is 40.7 Å². The van der Waals surface area contributed by atoms with Gasteiger partial charge in [0.15, 0.2) is 6.29 Å². The summed E-state index contributed by atoms with van der Waals surface area (Å²) in [5.74, 6) is 0.975. The molecule has 4 aliphatic rings. The maximum Gasteiger partial charge on any atom is 0.410 e. The number of nitrogens with one attached hydrogen (secondary N) is 2. The molecular formula is C27H31N7O5. The standard InChI is InChI=1S/C27H31N7O5/c1-38-8-5-29-22-12-24(30-14-19(22)13-28)32-26(36)34-20-9-17(10-20)21-11-18(23(16-35)31-25(21)34)15-33-6-3-2-4-7-39-27(33)37/h11-12,14,16-17,20H,2-10,15H2,1H3,(H2,29,30,32,36). The molecule has 0 unspecified atom stereocenters. The van der Waals surface area contributed by atoms with E-state index in [1.807, 2.05) is 6.07 Å². The fourth-order valence-corrected chi connectivity index (χ4v) is 5.28. The number of ether oxygens (including phenoxy) is 2. The summed E-state index contributed by atoms with van der Waals surface area (Å²) in [6, 6.07) is 5.15. The van der Waals surface area contributed by atoms with E-state index in [9.17, 15) is 19.6 Å². The van der Waals surface area contributed by atoms with Crippen LogP contribution < -0.4 is 15.5 Å². The van der Waals surface area contributed by atoms with Crippen molar-refractivity contribution < 1.29 is 23.9 Å². The van der Waals surface area contributed by atoms with Gasteiger partial charge >= 0.3 is 12.1 Å². The van der Waals surface area contributed by atoms with Gasteiger partial charge in [-0.1, -0.05) is 0 Å². The van der Waals surface area contributed by atoms with E-state index in [0.717, 1.165) is 37.7 Å². The minimum Gasteiger partial charge on any atom is -0.449 e. The molecule has 3 aliphatic heterocycles. The first-order chi connectivity index (χ1) is 19.0. The van der Waals surface area contributed by atoms with Crippen LogP contribution in [0.5, 0.6) is 0 Å². The van der Waals surface area contributed by atoms with Gasteiger partial charge in [-0.15, -0.1) is 0 Å². The Morgan fingerprint density at radius 1 is 1.31 bits per heavy atom. The SMILES string of the molecule is COCCNc1cc(NC(=O)N2c3nc(C=O)c(CN4CCCCCOC4=O)cc3C3CC2C3)ncc1C#N. The fraction of sp³-hybridized carbons (Fsp3) is 0.481. The second-order valence-corrected chi connectivity index (χ2v) is 9.93. The average molecular weight is 534 g/mol. The molecule has 0 aromatic carbocycles. The van der Waals surface area contributed by atoms with Crippen molar-refractivity contribution in [3.63, 3.8) is 0 Å². The van der Waals surface area contributed by atoms with Crippen LogP contribution in [-0.4, -0.2) is 72.7 Å². The van der Waals surface area contributed by atoms with E-state index in [-0.39, 0.29) is 36.1 Å². The topological polar surface area (TPSA) is 150 Å². The number of hydrogen-bond acceptors (Lipinski definition) is 9. The average Bonchev–Trinajstić information content (AvgIpc) is 2.91. The van der Waals surface area contributed by atoms with Gasteiger partial charge in [0.2, 0.25) is 0 Å². The number of cyclic esters (lactones) is 1. The number of nitrogens with zero attached hydrogens (tertiary/aromatic N) is 5. The van der Waals surface area contributed by atoms with E-state index < -0.39 is 6.03 Å². The summed E-state index contributed by atoms with van der Waals surface area (Å²) in [6.45, 7) is 2.11. The second kappa shape index (κ2) is 11.7. The van der Waals surface area contributed by atoms with E-state index in [1.165, 1.54) is 6.20 Å². The maximum atomic E-state index is 13.5. The number of carbonyl (C=O) groups is 3. The van der Waals surface area contributed by atoms with Crippen molar-refractivity contribution in [2.75, 3.05) is 48.9 Å². The number of anilines is 3. The predicted octanol–water partition coefficient (Wildman–Crippen LogP) is 3.64. The minimum absolute atomic E-state index is 0.0395. The quantitative estimate of drug-likeness (QED) is 0.383. The number of carbonyl (C=O) groups excluding carboxylic acids is 3. The third-order valence-electron chi connectivity index (χ3n) is 7.42. The lowest BCUT2D eigenvalue weighted by molar-refractivity contribution is 0.0887. The highest BCUT2D eigenvalue weighted by molar-refractivity contribution is 6.03. The van der Waals surface area contributed by atoms with Crippen molar-refractivity contribution in [2.24, 2.45) is 0 Å². The Morgan fingerprint density at radius 3 is 2.92 bits per heavy atom. The summed E-state index contributed by atoms with van der Waals surface area (Å²) in [5.41, 5.74) is 2.62. The number of nitriles is 1. The largest absolute Gasteiger partial charge is 0.449 e. The molecule has 12 heteroatoms. The van der Waals surface area contributed by atoms with E-state index in [4.69, 9.17) is 9.47 Å². The molecule has 12 nitrogen and oxygen atoms in total. The molecule has 1 saturated heterocycles. The van der Waals surface area contributed by atoms with Gasteiger partial charge in [0.1, 0.15) is 23.4 Å². The Labute approximate surface area is 226 Å². The lowest BCUT2D eigenvalue weighted by Crippen LogP contribution is -2.54. The normalized spacial score (nSPS) is 19.9. The van der Waals surface area contributed by atoms with Crippen molar-refractivity contribution >= 4 is 35.7 Å². The third kappa shape index (κ3) is 5.49. The zero-order chi connectivity index (χ0) is 27.4. The van der Waals surface area contributed by atoms with Gasteiger partial charge in [-0.25, -0.2) is 19.6 Å². The lowest BCUT2D eigenvalue weighted by atomic mass is 9.71. The van der Waals surface area contributed by atoms with Gasteiger partial charge in [0.05, 0.1) is 31.0 Å². The summed E-state index contributed by atoms with van der Waals surface area (Å²) in [7, 11) is 1.59. The van der Waals surface area contributed by atoms with E-state index in [2.05, 4.69) is 26.7 Å². The molecule has 1 aliphatic carbocycles. The number of pyridine rings is 2. The van der Waals surface area contributed by atoms with Crippen LogP contribution in [0, 0.1) is 11.3 Å². The van der Waals surface area contributed by atoms with Crippen molar-refractivity contribution in [3.8, 4) is 6.07 Å². The van der Waals surface area contributed by atoms with E-state index in [0.29, 0.717) is 55.2 Å². The number of hydrogen-bond donors (Lipinski definition) is 2. The summed E-state index contributed by atoms with van der Waals surface area (Å²) in [6.07, 6.45) is 5.95. The van der Waals surface area contributed by atoms with Crippen molar-refractivity contribution in [2.45, 2.75) is 50.6 Å². The Bertz CT molecular complexity index is 1300. The first-order valence-corrected chi connectivity index (χ1v) is 13.2. The van der Waals surface area contributed by atoms with Gasteiger partial charge < -0.3 is 19.7 Å². The molecular weight excluding hydrogens is 502 g/mol. The first kappa shape index (κ1) is 26.4. The summed E-state index contributed by atoms with van der Waals surface area (Å²) >= 11 is 0. The lowest BCUT2D eigenvalue weighted by Gasteiger charge is -2.49. The van der Waals surface area contributed by atoms with E-state index >= 15 is 0 Å². The predicted molar refractivity (Wildman–Crippen MR) is 142 cm³/mol. The van der Waals surface area contributed by atoms with Crippen LogP contribution in [0.2, 0.25) is 0 Å². The summed E-state index contributed by atoms with van der Waals surface area (Å²) < 4.78 is 10.4. The Kier molecular flexibility index (Phi) is 7.88. The van der Waals surface area contributed by atoms with Crippen molar-refractivity contribution in [1.29, 1.82) is 5.26 Å². The third-order valence-corrected chi connectivity index (χ3v) is 7.42. The van der Waals surface area contributed by atoms with Crippen LogP contribution in [0.3, 0.4) is 0 Å². The molecule has 1 saturated carbocycles. The molecule has 0 atom stereocenters. The molecule has 2 aromatic rings. The first-order valence-electron chi connectivity index (χ1n) is 13.2. The highest BCUT2D eigenvalue weighted by Gasteiger charge is 2.46. The molecule has 6 rings (SSSR count). The molecule has 0 radical (unpaired) electrons. The van der Waals surface area contributed by atoms with Crippen LogP contribution in [0.4, 0.5) is 26.9 Å². The van der Waals surface area contributed by atoms with Crippen LogP contribution in [-0.2, 0) is 16.0 Å². The van der Waals surface area contributed by atoms with Crippen LogP contribution in [0.25, 0.3) is 0 Å². The van der Waals surface area contributed by atoms with Gasteiger partial charge in [-0.3, -0.25) is 15.0 Å². The molecule has 3 amide bonds. The zero-order valence-corrected chi connectivity index (χ0v) is 21.8. The number of aromatic nitrogens is 2. The number of urea groups is 1. The molecule has 0 spiro atoms. The van der Waals surface area contributed by atoms with Gasteiger partial charge in [0.25, 0.3) is 0 Å². The molecule has 2 fully saturated rings. The Balaban J connectivity index is 1.38. The zero-order valence-electron chi connectivity index (χ0n) is 21.8. The molecule has 2 N–H and O–H groups in total. The number of rotatable bonds is 8. The van der Waals surface area contributed by atoms with Gasteiger partial charge in [-0.05, 0) is 49.7 Å². The number of amides is 3. The van der Waals surface area contributed by atoms with Crippen LogP contribution in [0.15, 0.2) is 18.3 Å². The molecule has 2 bridgehead atoms. The number of methoxy groups -OCH3 is 1. The van der Waals surface area contributed by atoms with Gasteiger partial charge in [0, 0.05) is 44.1 Å². The minimum atomic E-state index is -0.413. The van der Waals surface area contributed by atoms with Gasteiger partial charge in [-0.2, -0.15) is 5.26 Å².